The van der Waals surface area contributed by atoms with Crippen molar-refractivity contribution in [1.29, 1.82) is 0 Å². The van der Waals surface area contributed by atoms with Crippen LogP contribution in [0.25, 0.3) is 22.2 Å². The number of aromatic nitrogens is 1. The van der Waals surface area contributed by atoms with Crippen LogP contribution in [0.2, 0.25) is 0 Å². The normalized spacial score (nSPS) is 11.6. The summed E-state index contributed by atoms with van der Waals surface area (Å²) in [5.74, 6) is -0.825. The maximum absolute atomic E-state index is 14.2. The number of non-ortho nitro benzene ring substituents is 1. The number of nitro groups is 1. The Kier molecular flexibility index (Phi) is 7.56. The van der Waals surface area contributed by atoms with Gasteiger partial charge in [-0.3, -0.25) is 19.7 Å². The number of anilines is 1. The lowest BCUT2D eigenvalue weighted by molar-refractivity contribution is -0.384. The lowest BCUT2D eigenvalue weighted by Gasteiger charge is -2.29. The molecule has 2 amide bonds. The van der Waals surface area contributed by atoms with Crippen LogP contribution in [-0.4, -0.2) is 33.7 Å². The third-order valence-electron chi connectivity index (χ3n) is 7.12. The fourth-order valence-electron chi connectivity index (χ4n) is 4.95. The van der Waals surface area contributed by atoms with Gasteiger partial charge in [0.25, 0.3) is 17.5 Å². The van der Waals surface area contributed by atoms with Gasteiger partial charge in [-0.2, -0.15) is 0 Å². The van der Waals surface area contributed by atoms with Crippen LogP contribution >= 0.6 is 0 Å². The number of amides is 2. The minimum atomic E-state index is -1.07. The van der Waals surface area contributed by atoms with E-state index in [4.69, 9.17) is 4.98 Å². The highest BCUT2D eigenvalue weighted by Crippen LogP contribution is 2.31. The van der Waals surface area contributed by atoms with Gasteiger partial charge >= 0.3 is 0 Å². The molecule has 204 valence electrons. The molecule has 8 heteroatoms. The molecule has 0 aliphatic rings. The number of nitrogens with zero attached hydrogens (tertiary/aromatic N) is 3. The van der Waals surface area contributed by atoms with E-state index in [1.165, 1.54) is 29.2 Å². The highest BCUT2D eigenvalue weighted by Gasteiger charge is 2.31. The molecule has 0 spiro atoms. The van der Waals surface area contributed by atoms with Gasteiger partial charge in [-0.1, -0.05) is 66.7 Å². The smallest absolute Gasteiger partial charge is 0.269 e. The number of rotatable bonds is 7. The summed E-state index contributed by atoms with van der Waals surface area (Å²) in [5, 5.41) is 14.9. The molecule has 8 nitrogen and oxygen atoms in total. The van der Waals surface area contributed by atoms with Crippen molar-refractivity contribution in [1.82, 2.24) is 9.88 Å². The topological polar surface area (TPSA) is 105 Å². The molecule has 1 heterocycles. The second-order valence-electron chi connectivity index (χ2n) is 9.86. The number of fused-ring (bicyclic) bond motifs is 1. The van der Waals surface area contributed by atoms with E-state index >= 15 is 0 Å². The number of nitrogens with one attached hydrogen (secondary N) is 1. The Hall–Kier alpha value is -5.37. The van der Waals surface area contributed by atoms with Crippen LogP contribution in [-0.2, 0) is 4.79 Å². The van der Waals surface area contributed by atoms with Gasteiger partial charge in [0.05, 0.1) is 21.7 Å². The third kappa shape index (κ3) is 5.53. The molecule has 0 fully saturated rings. The molecule has 0 saturated heterocycles. The monoisotopic (exact) mass is 544 g/mol. The largest absolute Gasteiger partial charge is 0.326 e. The molecule has 0 radical (unpaired) electrons. The van der Waals surface area contributed by atoms with Gasteiger partial charge in [0.1, 0.15) is 6.04 Å². The molecule has 0 aliphatic heterocycles. The number of nitro benzene ring substituents is 1. The van der Waals surface area contributed by atoms with Crippen molar-refractivity contribution in [3.05, 3.63) is 135 Å². The maximum atomic E-state index is 14.2. The number of carbonyl (C=O) groups excluding carboxylic acids is 2. The van der Waals surface area contributed by atoms with Gasteiger partial charge in [0.2, 0.25) is 0 Å². The first-order valence-electron chi connectivity index (χ1n) is 13.1. The lowest BCUT2D eigenvalue weighted by atomic mass is 10.00. The van der Waals surface area contributed by atoms with Crippen LogP contribution < -0.4 is 5.32 Å². The second kappa shape index (κ2) is 11.4. The first kappa shape index (κ1) is 27.2. The quantitative estimate of drug-likeness (QED) is 0.178. The van der Waals surface area contributed by atoms with Crippen LogP contribution in [0.5, 0.6) is 0 Å². The Morgan fingerprint density at radius 1 is 0.854 bits per heavy atom. The van der Waals surface area contributed by atoms with Crippen molar-refractivity contribution in [2.45, 2.75) is 19.9 Å². The predicted octanol–water partition coefficient (Wildman–Crippen LogP) is 6.88. The number of carbonyl (C=O) groups is 2. The fourth-order valence-corrected chi connectivity index (χ4v) is 4.95. The van der Waals surface area contributed by atoms with Crippen molar-refractivity contribution in [2.75, 3.05) is 12.4 Å². The fraction of sp³-hybridized carbons (Fsp3) is 0.121. The number of aryl methyl sites for hydroxylation is 2. The van der Waals surface area contributed by atoms with Crippen molar-refractivity contribution >= 4 is 34.1 Å². The summed E-state index contributed by atoms with van der Waals surface area (Å²) in [4.78, 5) is 45.1. The van der Waals surface area contributed by atoms with Crippen LogP contribution in [0, 0.1) is 24.0 Å². The number of benzene rings is 4. The summed E-state index contributed by atoms with van der Waals surface area (Å²) in [6, 6.07) is 29.0. The first-order valence-corrected chi connectivity index (χ1v) is 13.1. The number of likely N-dealkylation sites (N-methyl/N-ethyl adjacent to an activating group) is 1. The molecule has 0 bridgehead atoms. The Labute approximate surface area is 237 Å². The molecule has 5 aromatic rings. The van der Waals surface area contributed by atoms with Crippen LogP contribution in [0.1, 0.15) is 33.1 Å². The van der Waals surface area contributed by atoms with Gasteiger partial charge in [-0.25, -0.2) is 4.98 Å². The van der Waals surface area contributed by atoms with Gasteiger partial charge in [-0.15, -0.1) is 0 Å². The van der Waals surface area contributed by atoms with E-state index in [0.29, 0.717) is 33.4 Å². The SMILES string of the molecule is Cc1cccc(C)c1NC(=O)[C@H](c1ccc([N+](=O)[O-])cc1)N(C)C(=O)c1cc(-c2ccccc2)nc2ccccc12. The van der Waals surface area contributed by atoms with Gasteiger partial charge < -0.3 is 10.2 Å². The second-order valence-corrected chi connectivity index (χ2v) is 9.86. The molecule has 1 aromatic heterocycles. The Bertz CT molecular complexity index is 1750. The van der Waals surface area contributed by atoms with Crippen LogP contribution in [0.4, 0.5) is 11.4 Å². The molecule has 1 atom stereocenters. The first-order chi connectivity index (χ1) is 19.7. The molecule has 0 saturated carbocycles. The molecule has 0 unspecified atom stereocenters. The van der Waals surface area contributed by atoms with E-state index in [1.807, 2.05) is 86.6 Å². The van der Waals surface area contributed by atoms with E-state index in [2.05, 4.69) is 5.32 Å². The molecule has 5 rings (SSSR count). The molecule has 41 heavy (non-hydrogen) atoms. The standard InChI is InChI=1S/C33H28N4O4/c1-21-10-9-11-22(2)30(21)35-32(38)31(24-16-18-25(19-17-24)37(40)41)36(3)33(39)27-20-29(23-12-5-4-6-13-23)34-28-15-8-7-14-26(27)28/h4-20,31H,1-3H3,(H,35,38)/t31-/m0/s1. The summed E-state index contributed by atoms with van der Waals surface area (Å²) in [5.41, 5.74) is 5.28. The molecular formula is C33H28N4O4. The maximum Gasteiger partial charge on any atom is 0.269 e. The van der Waals surface area contributed by atoms with Gasteiger partial charge in [0.15, 0.2) is 0 Å². The number of hydrogen-bond acceptors (Lipinski definition) is 5. The summed E-state index contributed by atoms with van der Waals surface area (Å²) in [6.45, 7) is 3.79. The average molecular weight is 545 g/mol. The summed E-state index contributed by atoms with van der Waals surface area (Å²) >= 11 is 0. The van der Waals surface area contributed by atoms with Crippen molar-refractivity contribution in [3.8, 4) is 11.3 Å². The highest BCUT2D eigenvalue weighted by atomic mass is 16.6. The van der Waals surface area contributed by atoms with Gasteiger partial charge in [0, 0.05) is 35.8 Å². The Morgan fingerprint density at radius 3 is 2.15 bits per heavy atom. The molecule has 1 N–H and O–H groups in total. The number of hydrogen-bond donors (Lipinski definition) is 1. The minimum absolute atomic E-state index is 0.107. The molecular weight excluding hydrogens is 516 g/mol. The summed E-state index contributed by atoms with van der Waals surface area (Å²) < 4.78 is 0. The van der Waals surface area contributed by atoms with Crippen molar-refractivity contribution in [2.24, 2.45) is 0 Å². The van der Waals surface area contributed by atoms with E-state index in [1.54, 1.807) is 13.1 Å². The van der Waals surface area contributed by atoms with E-state index in [-0.39, 0.29) is 11.6 Å². The van der Waals surface area contributed by atoms with Gasteiger partial charge in [-0.05, 0) is 54.8 Å². The van der Waals surface area contributed by atoms with Crippen molar-refractivity contribution in [3.63, 3.8) is 0 Å². The predicted molar refractivity (Wildman–Crippen MR) is 160 cm³/mol. The van der Waals surface area contributed by atoms with E-state index in [0.717, 1.165) is 16.7 Å². The van der Waals surface area contributed by atoms with E-state index < -0.39 is 16.9 Å². The Morgan fingerprint density at radius 2 is 1.49 bits per heavy atom. The average Bonchev–Trinajstić information content (AvgIpc) is 2.99. The zero-order chi connectivity index (χ0) is 29.1. The zero-order valence-corrected chi connectivity index (χ0v) is 22.9. The lowest BCUT2D eigenvalue weighted by Crippen LogP contribution is -2.39. The van der Waals surface area contributed by atoms with E-state index in [9.17, 15) is 19.7 Å². The highest BCUT2D eigenvalue weighted by molar-refractivity contribution is 6.09. The number of pyridine rings is 1. The summed E-state index contributed by atoms with van der Waals surface area (Å²) in [7, 11) is 1.57. The Balaban J connectivity index is 1.60. The van der Waals surface area contributed by atoms with Crippen LogP contribution in [0.3, 0.4) is 0 Å². The number of para-hydroxylation sites is 2. The minimum Gasteiger partial charge on any atom is -0.326 e. The van der Waals surface area contributed by atoms with Crippen LogP contribution in [0.15, 0.2) is 103 Å². The third-order valence-corrected chi connectivity index (χ3v) is 7.12. The van der Waals surface area contributed by atoms with Crippen molar-refractivity contribution < 1.29 is 14.5 Å². The summed E-state index contributed by atoms with van der Waals surface area (Å²) in [6.07, 6.45) is 0. The molecule has 4 aromatic carbocycles. The molecule has 0 aliphatic carbocycles. The zero-order valence-electron chi connectivity index (χ0n) is 22.9.